The zero-order valence-corrected chi connectivity index (χ0v) is 15.7. The van der Waals surface area contributed by atoms with Crippen LogP contribution in [0.1, 0.15) is 11.1 Å². The van der Waals surface area contributed by atoms with Gasteiger partial charge in [0.05, 0.1) is 0 Å². The van der Waals surface area contributed by atoms with Gasteiger partial charge in [0.25, 0.3) is 5.91 Å². The van der Waals surface area contributed by atoms with E-state index in [0.29, 0.717) is 28.4 Å². The van der Waals surface area contributed by atoms with E-state index in [2.05, 4.69) is 10.3 Å². The number of nitrogens with one attached hydrogen (secondary N) is 1. The summed E-state index contributed by atoms with van der Waals surface area (Å²) in [5.41, 5.74) is 5.09. The van der Waals surface area contributed by atoms with Crippen molar-refractivity contribution >= 4 is 22.7 Å². The number of hydrogen-bond acceptors (Lipinski definition) is 4. The van der Waals surface area contributed by atoms with E-state index in [1.54, 1.807) is 18.2 Å². The Labute approximate surface area is 163 Å². The molecule has 0 aliphatic carbocycles. The van der Waals surface area contributed by atoms with Gasteiger partial charge in [0.1, 0.15) is 11.3 Å². The van der Waals surface area contributed by atoms with Crippen LogP contribution < -0.4 is 10.1 Å². The number of benzene rings is 3. The summed E-state index contributed by atoms with van der Waals surface area (Å²) < 4.78 is 11.4. The lowest BCUT2D eigenvalue weighted by molar-refractivity contribution is -0.118. The van der Waals surface area contributed by atoms with E-state index in [9.17, 15) is 4.79 Å². The van der Waals surface area contributed by atoms with Gasteiger partial charge in [0, 0.05) is 11.3 Å². The standard InChI is InChI=1S/C23H20N2O3/c1-15-7-9-17(10-8-15)23-25-19-13-18(11-12-21(19)28-23)24-22(26)14-27-20-6-4-3-5-16(20)2/h3-13H,14H2,1-2H3,(H,24,26). The Balaban J connectivity index is 1.46. The van der Waals surface area contributed by atoms with E-state index in [4.69, 9.17) is 9.15 Å². The van der Waals surface area contributed by atoms with Crippen molar-refractivity contribution in [2.24, 2.45) is 0 Å². The second-order valence-corrected chi connectivity index (χ2v) is 6.67. The van der Waals surface area contributed by atoms with Crippen LogP contribution in [-0.4, -0.2) is 17.5 Å². The van der Waals surface area contributed by atoms with Crippen molar-refractivity contribution < 1.29 is 13.9 Å². The minimum Gasteiger partial charge on any atom is -0.483 e. The Hall–Kier alpha value is -3.60. The Morgan fingerprint density at radius 3 is 2.61 bits per heavy atom. The highest BCUT2D eigenvalue weighted by molar-refractivity contribution is 5.94. The number of aromatic nitrogens is 1. The summed E-state index contributed by atoms with van der Waals surface area (Å²) in [4.78, 5) is 16.7. The third-order valence-electron chi connectivity index (χ3n) is 4.42. The number of aryl methyl sites for hydroxylation is 2. The van der Waals surface area contributed by atoms with Gasteiger partial charge >= 0.3 is 0 Å². The number of carbonyl (C=O) groups is 1. The van der Waals surface area contributed by atoms with Gasteiger partial charge in [-0.15, -0.1) is 0 Å². The zero-order valence-electron chi connectivity index (χ0n) is 15.7. The fourth-order valence-corrected chi connectivity index (χ4v) is 2.88. The summed E-state index contributed by atoms with van der Waals surface area (Å²) in [6, 6.07) is 21.0. The van der Waals surface area contributed by atoms with Crippen LogP contribution in [0.3, 0.4) is 0 Å². The molecule has 1 heterocycles. The number of ether oxygens (including phenoxy) is 1. The van der Waals surface area contributed by atoms with Crippen molar-refractivity contribution in [2.75, 3.05) is 11.9 Å². The van der Waals surface area contributed by atoms with E-state index in [-0.39, 0.29) is 12.5 Å². The van der Waals surface area contributed by atoms with Gasteiger partial charge in [-0.3, -0.25) is 4.79 Å². The van der Waals surface area contributed by atoms with Crippen LogP contribution >= 0.6 is 0 Å². The molecule has 0 radical (unpaired) electrons. The second kappa shape index (κ2) is 7.56. The third-order valence-corrected chi connectivity index (χ3v) is 4.42. The number of hydrogen-bond donors (Lipinski definition) is 1. The first kappa shape index (κ1) is 17.8. The van der Waals surface area contributed by atoms with Crippen LogP contribution in [0.2, 0.25) is 0 Å². The molecule has 0 bridgehead atoms. The average molecular weight is 372 g/mol. The molecule has 0 aliphatic heterocycles. The first-order chi connectivity index (χ1) is 13.6. The van der Waals surface area contributed by atoms with Gasteiger partial charge in [0.15, 0.2) is 12.2 Å². The van der Waals surface area contributed by atoms with E-state index >= 15 is 0 Å². The topological polar surface area (TPSA) is 64.4 Å². The highest BCUT2D eigenvalue weighted by Crippen LogP contribution is 2.26. The third kappa shape index (κ3) is 3.88. The molecule has 4 rings (SSSR count). The maximum atomic E-state index is 12.2. The van der Waals surface area contributed by atoms with Crippen LogP contribution in [0.4, 0.5) is 5.69 Å². The molecule has 0 aliphatic rings. The number of carbonyl (C=O) groups excluding carboxylic acids is 1. The van der Waals surface area contributed by atoms with Crippen LogP contribution in [-0.2, 0) is 4.79 Å². The van der Waals surface area contributed by atoms with Gasteiger partial charge in [-0.05, 0) is 55.8 Å². The monoisotopic (exact) mass is 372 g/mol. The van der Waals surface area contributed by atoms with Crippen molar-refractivity contribution in [3.63, 3.8) is 0 Å². The van der Waals surface area contributed by atoms with Crippen LogP contribution in [0.5, 0.6) is 5.75 Å². The average Bonchev–Trinajstić information content (AvgIpc) is 3.11. The number of para-hydroxylation sites is 1. The Kier molecular flexibility index (Phi) is 4.81. The summed E-state index contributed by atoms with van der Waals surface area (Å²) in [5, 5.41) is 2.83. The predicted octanol–water partition coefficient (Wildman–Crippen LogP) is 5.13. The van der Waals surface area contributed by atoms with Gasteiger partial charge in [-0.2, -0.15) is 0 Å². The van der Waals surface area contributed by atoms with E-state index in [1.807, 2.05) is 62.4 Å². The molecule has 1 N–H and O–H groups in total. The molecule has 0 fully saturated rings. The van der Waals surface area contributed by atoms with E-state index in [1.165, 1.54) is 5.56 Å². The quantitative estimate of drug-likeness (QED) is 0.527. The first-order valence-corrected chi connectivity index (χ1v) is 9.04. The molecule has 0 atom stereocenters. The Morgan fingerprint density at radius 2 is 1.82 bits per heavy atom. The lowest BCUT2D eigenvalue weighted by Crippen LogP contribution is -2.20. The van der Waals surface area contributed by atoms with Crippen LogP contribution in [0.15, 0.2) is 71.1 Å². The summed E-state index contributed by atoms with van der Waals surface area (Å²) in [6.07, 6.45) is 0. The lowest BCUT2D eigenvalue weighted by atomic mass is 10.1. The lowest BCUT2D eigenvalue weighted by Gasteiger charge is -2.09. The van der Waals surface area contributed by atoms with Crippen molar-refractivity contribution in [3.8, 4) is 17.2 Å². The fourth-order valence-electron chi connectivity index (χ4n) is 2.88. The first-order valence-electron chi connectivity index (χ1n) is 9.04. The van der Waals surface area contributed by atoms with Crippen molar-refractivity contribution in [1.82, 2.24) is 4.98 Å². The number of rotatable bonds is 5. The molecule has 140 valence electrons. The molecule has 5 heteroatoms. The van der Waals surface area contributed by atoms with Gasteiger partial charge in [-0.1, -0.05) is 35.9 Å². The second-order valence-electron chi connectivity index (χ2n) is 6.67. The number of nitrogens with zero attached hydrogens (tertiary/aromatic N) is 1. The maximum Gasteiger partial charge on any atom is 0.262 e. The SMILES string of the molecule is Cc1ccc(-c2nc3cc(NC(=O)COc4ccccc4C)ccc3o2)cc1. The van der Waals surface area contributed by atoms with Crippen molar-refractivity contribution in [3.05, 3.63) is 77.9 Å². The smallest absolute Gasteiger partial charge is 0.262 e. The predicted molar refractivity (Wildman–Crippen MR) is 109 cm³/mol. The van der Waals surface area contributed by atoms with Gasteiger partial charge in [0.2, 0.25) is 5.89 Å². The van der Waals surface area contributed by atoms with Crippen molar-refractivity contribution in [1.29, 1.82) is 0 Å². The van der Waals surface area contributed by atoms with E-state index < -0.39 is 0 Å². The summed E-state index contributed by atoms with van der Waals surface area (Å²) in [6.45, 7) is 3.92. The fraction of sp³-hybridized carbons (Fsp3) is 0.130. The highest BCUT2D eigenvalue weighted by atomic mass is 16.5. The van der Waals surface area contributed by atoms with Crippen molar-refractivity contribution in [2.45, 2.75) is 13.8 Å². The molecule has 3 aromatic carbocycles. The molecule has 0 saturated heterocycles. The minimum absolute atomic E-state index is 0.0592. The highest BCUT2D eigenvalue weighted by Gasteiger charge is 2.10. The summed E-state index contributed by atoms with van der Waals surface area (Å²) in [7, 11) is 0. The van der Waals surface area contributed by atoms with Crippen LogP contribution in [0, 0.1) is 13.8 Å². The number of fused-ring (bicyclic) bond motifs is 1. The van der Waals surface area contributed by atoms with Crippen LogP contribution in [0.25, 0.3) is 22.6 Å². The molecule has 0 spiro atoms. The van der Waals surface area contributed by atoms with Gasteiger partial charge < -0.3 is 14.5 Å². The number of anilines is 1. The molecule has 0 unspecified atom stereocenters. The maximum absolute atomic E-state index is 12.2. The van der Waals surface area contributed by atoms with E-state index in [0.717, 1.165) is 11.1 Å². The molecule has 1 aromatic heterocycles. The summed E-state index contributed by atoms with van der Waals surface area (Å²) >= 11 is 0. The Morgan fingerprint density at radius 1 is 1.04 bits per heavy atom. The normalized spacial score (nSPS) is 10.8. The molecule has 4 aromatic rings. The Bertz CT molecular complexity index is 1130. The number of amides is 1. The van der Waals surface area contributed by atoms with Gasteiger partial charge in [-0.25, -0.2) is 4.98 Å². The zero-order chi connectivity index (χ0) is 19.5. The summed E-state index contributed by atoms with van der Waals surface area (Å²) in [5.74, 6) is 1.03. The molecule has 5 nitrogen and oxygen atoms in total. The molecule has 1 amide bonds. The molecular formula is C23H20N2O3. The molecule has 28 heavy (non-hydrogen) atoms. The number of oxazole rings is 1. The molecular weight excluding hydrogens is 352 g/mol. The largest absolute Gasteiger partial charge is 0.483 e. The molecule has 0 saturated carbocycles. The minimum atomic E-state index is -0.232.